The van der Waals surface area contributed by atoms with Gasteiger partial charge in [0.1, 0.15) is 12.4 Å². The molecule has 0 radical (unpaired) electrons. The van der Waals surface area contributed by atoms with Crippen LogP contribution in [0.1, 0.15) is 28.8 Å². The fraction of sp³-hybridized carbons (Fsp3) is 0.360. The van der Waals surface area contributed by atoms with Gasteiger partial charge in [-0.2, -0.15) is 0 Å². The van der Waals surface area contributed by atoms with Crippen molar-refractivity contribution in [2.24, 2.45) is 0 Å². The molecule has 0 N–H and O–H groups in total. The molecule has 166 valence electrons. The Labute approximate surface area is 186 Å². The minimum atomic E-state index is -0.0714. The normalized spacial score (nSPS) is 15.0. The van der Waals surface area contributed by atoms with Crippen LogP contribution in [0.15, 0.2) is 30.3 Å². The molecule has 1 saturated heterocycles. The second-order valence-corrected chi connectivity index (χ2v) is 8.03. The summed E-state index contributed by atoms with van der Waals surface area (Å²) < 4.78 is 22.5. The number of ketones is 1. The van der Waals surface area contributed by atoms with E-state index in [4.69, 9.17) is 23.9 Å². The lowest BCUT2D eigenvalue weighted by atomic mass is 10.0. The first-order valence-electron chi connectivity index (χ1n) is 10.8. The Kier molecular flexibility index (Phi) is 5.35. The molecule has 2 heterocycles. The molecule has 2 aliphatic rings. The summed E-state index contributed by atoms with van der Waals surface area (Å²) in [6.45, 7) is 3.55. The van der Waals surface area contributed by atoms with E-state index >= 15 is 0 Å². The standard InChI is InChI=1S/C25H26N2O5/c1-29-15-6-7-16-17(12-15)24(28)22-18-13-20(30-2)21(31-3)14-19(18)26-25(23(16)22)32-11-10-27-8-4-5-9-27/h6-7,12-14H,4-5,8-11H2,1-3H3. The van der Waals surface area contributed by atoms with Crippen LogP contribution in [0, 0.1) is 0 Å². The van der Waals surface area contributed by atoms with Gasteiger partial charge in [0, 0.05) is 29.1 Å². The van der Waals surface area contributed by atoms with Crippen LogP contribution in [0.5, 0.6) is 23.1 Å². The number of pyridine rings is 1. The molecule has 1 aliphatic carbocycles. The van der Waals surface area contributed by atoms with Crippen LogP contribution < -0.4 is 18.9 Å². The number of aromatic nitrogens is 1. The van der Waals surface area contributed by atoms with Crippen LogP contribution in [-0.2, 0) is 0 Å². The number of rotatable bonds is 7. The first-order chi connectivity index (χ1) is 15.6. The fourth-order valence-electron chi connectivity index (χ4n) is 4.63. The van der Waals surface area contributed by atoms with Crippen molar-refractivity contribution < 1.29 is 23.7 Å². The topological polar surface area (TPSA) is 70.1 Å². The smallest absolute Gasteiger partial charge is 0.222 e. The second kappa shape index (κ2) is 8.31. The maximum absolute atomic E-state index is 13.5. The largest absolute Gasteiger partial charge is 0.497 e. The van der Waals surface area contributed by atoms with Gasteiger partial charge in [-0.25, -0.2) is 4.98 Å². The zero-order valence-electron chi connectivity index (χ0n) is 18.6. The minimum absolute atomic E-state index is 0.0714. The Hall–Kier alpha value is -3.32. The van der Waals surface area contributed by atoms with Crippen molar-refractivity contribution in [3.63, 3.8) is 0 Å². The lowest BCUT2D eigenvalue weighted by Gasteiger charge is -2.17. The van der Waals surface area contributed by atoms with E-state index in [0.717, 1.165) is 30.8 Å². The SMILES string of the molecule is COc1ccc2c(c1)C(=O)c1c-2c(OCCN2CCCC2)nc2cc(OC)c(OC)cc12. The van der Waals surface area contributed by atoms with Gasteiger partial charge >= 0.3 is 0 Å². The highest BCUT2D eigenvalue weighted by molar-refractivity contribution is 6.28. The molecule has 2 aromatic carbocycles. The molecule has 1 aromatic heterocycles. The lowest BCUT2D eigenvalue weighted by molar-refractivity contribution is 0.104. The molecule has 32 heavy (non-hydrogen) atoms. The van der Waals surface area contributed by atoms with Crippen molar-refractivity contribution >= 4 is 16.7 Å². The lowest BCUT2D eigenvalue weighted by Crippen LogP contribution is -2.25. The van der Waals surface area contributed by atoms with Gasteiger partial charge in [0.25, 0.3) is 0 Å². The van der Waals surface area contributed by atoms with E-state index in [1.807, 2.05) is 18.2 Å². The van der Waals surface area contributed by atoms with Crippen LogP contribution in [-0.4, -0.2) is 63.2 Å². The fourth-order valence-corrected chi connectivity index (χ4v) is 4.63. The number of benzene rings is 2. The molecular formula is C25H26N2O5. The molecule has 0 spiro atoms. The first kappa shape index (κ1) is 20.6. The summed E-state index contributed by atoms with van der Waals surface area (Å²) in [7, 11) is 4.75. The predicted molar refractivity (Wildman–Crippen MR) is 121 cm³/mol. The Morgan fingerprint density at radius 2 is 1.66 bits per heavy atom. The third-order valence-corrected chi connectivity index (χ3v) is 6.27. The summed E-state index contributed by atoms with van der Waals surface area (Å²) in [5.74, 6) is 2.14. The molecule has 1 fully saturated rings. The van der Waals surface area contributed by atoms with Crippen molar-refractivity contribution in [1.82, 2.24) is 9.88 Å². The zero-order chi connectivity index (χ0) is 22.2. The van der Waals surface area contributed by atoms with Gasteiger partial charge < -0.3 is 18.9 Å². The maximum Gasteiger partial charge on any atom is 0.222 e. The number of ether oxygens (including phenoxy) is 4. The van der Waals surface area contributed by atoms with E-state index in [9.17, 15) is 4.79 Å². The van der Waals surface area contributed by atoms with Crippen LogP contribution >= 0.6 is 0 Å². The Morgan fingerprint density at radius 1 is 0.906 bits per heavy atom. The Bertz CT molecular complexity index is 1200. The quantitative estimate of drug-likeness (QED) is 0.436. The highest BCUT2D eigenvalue weighted by atomic mass is 16.5. The Balaban J connectivity index is 1.65. The number of hydrogen-bond acceptors (Lipinski definition) is 7. The molecule has 7 heteroatoms. The summed E-state index contributed by atoms with van der Waals surface area (Å²) in [5, 5.41) is 0.713. The summed E-state index contributed by atoms with van der Waals surface area (Å²) in [6.07, 6.45) is 2.46. The molecule has 0 unspecified atom stereocenters. The van der Waals surface area contributed by atoms with E-state index in [1.54, 1.807) is 33.5 Å². The first-order valence-corrected chi connectivity index (χ1v) is 10.8. The second-order valence-electron chi connectivity index (χ2n) is 8.03. The van der Waals surface area contributed by atoms with Gasteiger partial charge in [0.15, 0.2) is 17.3 Å². The summed E-state index contributed by atoms with van der Waals surface area (Å²) in [6, 6.07) is 9.14. The van der Waals surface area contributed by atoms with Crippen LogP contribution in [0.4, 0.5) is 0 Å². The number of carbonyl (C=O) groups is 1. The molecule has 7 nitrogen and oxygen atoms in total. The molecule has 0 amide bonds. The summed E-state index contributed by atoms with van der Waals surface area (Å²) in [5.41, 5.74) is 3.34. The molecule has 0 bridgehead atoms. The number of methoxy groups -OCH3 is 3. The van der Waals surface area contributed by atoms with Crippen molar-refractivity contribution in [2.75, 3.05) is 47.6 Å². The van der Waals surface area contributed by atoms with Gasteiger partial charge in [-0.1, -0.05) is 0 Å². The third kappa shape index (κ3) is 3.33. The monoisotopic (exact) mass is 434 g/mol. The van der Waals surface area contributed by atoms with Crippen molar-refractivity contribution in [2.45, 2.75) is 12.8 Å². The predicted octanol–water partition coefficient (Wildman–Crippen LogP) is 3.95. The number of likely N-dealkylation sites (tertiary alicyclic amines) is 1. The highest BCUT2D eigenvalue weighted by Crippen LogP contribution is 2.47. The average molecular weight is 434 g/mol. The van der Waals surface area contributed by atoms with Crippen molar-refractivity contribution in [1.29, 1.82) is 0 Å². The summed E-state index contributed by atoms with van der Waals surface area (Å²) in [4.78, 5) is 20.7. The maximum atomic E-state index is 13.5. The van der Waals surface area contributed by atoms with Crippen LogP contribution in [0.25, 0.3) is 22.0 Å². The van der Waals surface area contributed by atoms with Gasteiger partial charge in [0.2, 0.25) is 5.88 Å². The van der Waals surface area contributed by atoms with E-state index in [2.05, 4.69) is 4.90 Å². The highest BCUT2D eigenvalue weighted by Gasteiger charge is 2.34. The van der Waals surface area contributed by atoms with E-state index in [1.165, 1.54) is 12.8 Å². The number of carbonyl (C=O) groups excluding carboxylic acids is 1. The molecule has 3 aromatic rings. The molecule has 5 rings (SSSR count). The van der Waals surface area contributed by atoms with E-state index in [0.29, 0.717) is 51.8 Å². The van der Waals surface area contributed by atoms with Gasteiger partial charge in [-0.15, -0.1) is 0 Å². The number of fused-ring (bicyclic) bond motifs is 5. The molecular weight excluding hydrogens is 408 g/mol. The van der Waals surface area contributed by atoms with Crippen LogP contribution in [0.3, 0.4) is 0 Å². The van der Waals surface area contributed by atoms with E-state index < -0.39 is 0 Å². The Morgan fingerprint density at radius 3 is 2.38 bits per heavy atom. The van der Waals surface area contributed by atoms with Crippen molar-refractivity contribution in [3.8, 4) is 34.3 Å². The van der Waals surface area contributed by atoms with Gasteiger partial charge in [-0.05, 0) is 55.8 Å². The van der Waals surface area contributed by atoms with Crippen molar-refractivity contribution in [3.05, 3.63) is 41.5 Å². The summed E-state index contributed by atoms with van der Waals surface area (Å²) >= 11 is 0. The van der Waals surface area contributed by atoms with Gasteiger partial charge in [-0.3, -0.25) is 9.69 Å². The molecule has 1 aliphatic heterocycles. The van der Waals surface area contributed by atoms with Gasteiger partial charge in [0.05, 0.1) is 32.4 Å². The zero-order valence-corrected chi connectivity index (χ0v) is 18.6. The number of nitrogens with zero attached hydrogens (tertiary/aromatic N) is 2. The van der Waals surface area contributed by atoms with E-state index in [-0.39, 0.29) is 5.78 Å². The number of hydrogen-bond donors (Lipinski definition) is 0. The molecule has 0 atom stereocenters. The molecule has 0 saturated carbocycles. The third-order valence-electron chi connectivity index (χ3n) is 6.27. The van der Waals surface area contributed by atoms with Crippen LogP contribution in [0.2, 0.25) is 0 Å². The minimum Gasteiger partial charge on any atom is -0.497 e. The average Bonchev–Trinajstić information content (AvgIpc) is 3.44.